The second-order valence-corrected chi connectivity index (χ2v) is 5.97. The lowest BCUT2D eigenvalue weighted by Gasteiger charge is -2.17. The van der Waals surface area contributed by atoms with Gasteiger partial charge in [-0.15, -0.1) is 0 Å². The fourth-order valence-corrected chi connectivity index (χ4v) is 2.88. The molecule has 24 heavy (non-hydrogen) atoms. The number of carbonyl (C=O) groups excluding carboxylic acids is 1. The third-order valence-corrected chi connectivity index (χ3v) is 4.19. The van der Waals surface area contributed by atoms with Gasteiger partial charge in [0, 0.05) is 30.4 Å². The van der Waals surface area contributed by atoms with E-state index in [9.17, 15) is 14.9 Å². The van der Waals surface area contributed by atoms with Crippen LogP contribution in [0.25, 0.3) is 0 Å². The molecule has 0 spiro atoms. The Kier molecular flexibility index (Phi) is 4.46. The van der Waals surface area contributed by atoms with Crippen LogP contribution in [0, 0.1) is 17.0 Å². The monoisotopic (exact) mass is 325 g/mol. The zero-order chi connectivity index (χ0) is 17.1. The lowest BCUT2D eigenvalue weighted by molar-refractivity contribution is -0.384. The van der Waals surface area contributed by atoms with E-state index in [1.54, 1.807) is 24.3 Å². The van der Waals surface area contributed by atoms with Gasteiger partial charge in [-0.1, -0.05) is 17.7 Å². The molecule has 1 amide bonds. The molecule has 1 fully saturated rings. The number of amides is 1. The van der Waals surface area contributed by atoms with E-state index in [2.05, 4.69) is 5.32 Å². The maximum Gasteiger partial charge on any atom is 0.293 e. The van der Waals surface area contributed by atoms with Gasteiger partial charge in [-0.3, -0.25) is 14.9 Å². The number of nitro benzene ring substituents is 1. The second-order valence-electron chi connectivity index (χ2n) is 5.97. The zero-order valence-corrected chi connectivity index (χ0v) is 13.5. The number of hydrogen-bond acceptors (Lipinski definition) is 4. The molecule has 1 aliphatic rings. The van der Waals surface area contributed by atoms with Crippen molar-refractivity contribution in [1.82, 2.24) is 0 Å². The van der Waals surface area contributed by atoms with Gasteiger partial charge in [-0.05, 0) is 44.0 Å². The van der Waals surface area contributed by atoms with Crippen LogP contribution >= 0.6 is 0 Å². The van der Waals surface area contributed by atoms with Crippen molar-refractivity contribution in [2.45, 2.75) is 19.8 Å². The first kappa shape index (κ1) is 16.0. The van der Waals surface area contributed by atoms with Gasteiger partial charge in [-0.25, -0.2) is 0 Å². The number of nitrogens with zero attached hydrogens (tertiary/aromatic N) is 2. The number of carbonyl (C=O) groups is 1. The van der Waals surface area contributed by atoms with Gasteiger partial charge in [0.2, 0.25) is 0 Å². The van der Waals surface area contributed by atoms with Crippen LogP contribution < -0.4 is 10.2 Å². The van der Waals surface area contributed by atoms with E-state index in [4.69, 9.17) is 0 Å². The highest BCUT2D eigenvalue weighted by Crippen LogP contribution is 2.31. The highest BCUT2D eigenvalue weighted by molar-refractivity contribution is 6.05. The molecule has 0 bridgehead atoms. The minimum Gasteiger partial charge on any atom is -0.366 e. The normalized spacial score (nSPS) is 13.8. The van der Waals surface area contributed by atoms with E-state index in [1.807, 2.05) is 24.0 Å². The molecular formula is C18H19N3O3. The molecular weight excluding hydrogens is 306 g/mol. The first-order chi connectivity index (χ1) is 11.5. The molecule has 6 nitrogen and oxygen atoms in total. The van der Waals surface area contributed by atoms with E-state index in [-0.39, 0.29) is 17.2 Å². The highest BCUT2D eigenvalue weighted by Gasteiger charge is 2.23. The van der Waals surface area contributed by atoms with Crippen molar-refractivity contribution < 1.29 is 9.72 Å². The van der Waals surface area contributed by atoms with E-state index in [0.717, 1.165) is 31.5 Å². The Bertz CT molecular complexity index is 766. The van der Waals surface area contributed by atoms with Gasteiger partial charge in [0.25, 0.3) is 11.6 Å². The summed E-state index contributed by atoms with van der Waals surface area (Å²) in [5.74, 6) is -0.352. The van der Waals surface area contributed by atoms with Crippen molar-refractivity contribution >= 4 is 23.0 Å². The molecule has 0 unspecified atom stereocenters. The van der Waals surface area contributed by atoms with E-state index >= 15 is 0 Å². The summed E-state index contributed by atoms with van der Waals surface area (Å²) in [4.78, 5) is 25.3. The van der Waals surface area contributed by atoms with Gasteiger partial charge in [-0.2, -0.15) is 0 Å². The summed E-state index contributed by atoms with van der Waals surface area (Å²) in [5, 5.41) is 14.2. The second kappa shape index (κ2) is 6.70. The lowest BCUT2D eigenvalue weighted by Crippen LogP contribution is -2.19. The van der Waals surface area contributed by atoms with E-state index in [0.29, 0.717) is 11.4 Å². The molecule has 0 radical (unpaired) electrons. The van der Waals surface area contributed by atoms with Crippen LogP contribution in [0.4, 0.5) is 17.1 Å². The van der Waals surface area contributed by atoms with Crippen molar-refractivity contribution in [3.63, 3.8) is 0 Å². The molecule has 1 heterocycles. The SMILES string of the molecule is Cc1ccc(NC(=O)c2ccc(N3CCCC3)c([N+](=O)[O-])c2)cc1. The fourth-order valence-electron chi connectivity index (χ4n) is 2.88. The zero-order valence-electron chi connectivity index (χ0n) is 13.5. The average Bonchev–Trinajstić information content (AvgIpc) is 3.10. The Morgan fingerprint density at radius 2 is 1.79 bits per heavy atom. The molecule has 0 aromatic heterocycles. The maximum absolute atomic E-state index is 12.4. The predicted molar refractivity (Wildman–Crippen MR) is 93.7 cm³/mol. The molecule has 1 N–H and O–H groups in total. The molecule has 6 heteroatoms. The summed E-state index contributed by atoms with van der Waals surface area (Å²) < 4.78 is 0. The summed E-state index contributed by atoms with van der Waals surface area (Å²) in [5.41, 5.74) is 2.61. The Balaban J connectivity index is 1.85. The Labute approximate surface area is 140 Å². The molecule has 2 aromatic rings. The largest absolute Gasteiger partial charge is 0.366 e. The third-order valence-electron chi connectivity index (χ3n) is 4.19. The summed E-state index contributed by atoms with van der Waals surface area (Å²) in [7, 11) is 0. The molecule has 124 valence electrons. The number of rotatable bonds is 4. The smallest absolute Gasteiger partial charge is 0.293 e. The van der Waals surface area contributed by atoms with Gasteiger partial charge in [0.1, 0.15) is 5.69 Å². The first-order valence-corrected chi connectivity index (χ1v) is 7.96. The minimum atomic E-state index is -0.420. The minimum absolute atomic E-state index is 0.0199. The van der Waals surface area contributed by atoms with Crippen molar-refractivity contribution in [3.05, 3.63) is 63.7 Å². The van der Waals surface area contributed by atoms with Gasteiger partial charge in [0.05, 0.1) is 4.92 Å². The molecule has 2 aromatic carbocycles. The average molecular weight is 325 g/mol. The summed E-state index contributed by atoms with van der Waals surface area (Å²) in [6, 6.07) is 12.1. The quantitative estimate of drug-likeness (QED) is 0.686. The number of anilines is 2. The predicted octanol–water partition coefficient (Wildman–Crippen LogP) is 3.76. The third kappa shape index (κ3) is 3.37. The number of benzene rings is 2. The van der Waals surface area contributed by atoms with Crippen LogP contribution in [0.2, 0.25) is 0 Å². The summed E-state index contributed by atoms with van der Waals surface area (Å²) in [6.45, 7) is 3.59. The van der Waals surface area contributed by atoms with Crippen molar-refractivity contribution in [3.8, 4) is 0 Å². The van der Waals surface area contributed by atoms with Gasteiger partial charge in [0.15, 0.2) is 0 Å². The molecule has 3 rings (SSSR count). The van der Waals surface area contributed by atoms with Crippen molar-refractivity contribution in [2.24, 2.45) is 0 Å². The van der Waals surface area contributed by atoms with Crippen LogP contribution in [-0.4, -0.2) is 23.9 Å². The lowest BCUT2D eigenvalue weighted by atomic mass is 10.1. The van der Waals surface area contributed by atoms with Crippen LogP contribution in [-0.2, 0) is 0 Å². The van der Waals surface area contributed by atoms with E-state index in [1.165, 1.54) is 6.07 Å². The number of nitrogens with one attached hydrogen (secondary N) is 1. The Morgan fingerprint density at radius 3 is 2.42 bits per heavy atom. The molecule has 0 atom stereocenters. The summed E-state index contributed by atoms with van der Waals surface area (Å²) >= 11 is 0. The Morgan fingerprint density at radius 1 is 1.12 bits per heavy atom. The van der Waals surface area contributed by atoms with Crippen LogP contribution in [0.5, 0.6) is 0 Å². The fraction of sp³-hybridized carbons (Fsp3) is 0.278. The molecule has 0 saturated carbocycles. The molecule has 1 saturated heterocycles. The highest BCUT2D eigenvalue weighted by atomic mass is 16.6. The first-order valence-electron chi connectivity index (χ1n) is 7.96. The number of nitro groups is 1. The van der Waals surface area contributed by atoms with Crippen molar-refractivity contribution in [1.29, 1.82) is 0 Å². The summed E-state index contributed by atoms with van der Waals surface area (Å²) in [6.07, 6.45) is 2.07. The van der Waals surface area contributed by atoms with Gasteiger partial charge < -0.3 is 10.2 Å². The maximum atomic E-state index is 12.4. The Hall–Kier alpha value is -2.89. The van der Waals surface area contributed by atoms with E-state index < -0.39 is 4.92 Å². The van der Waals surface area contributed by atoms with Crippen LogP contribution in [0.1, 0.15) is 28.8 Å². The number of aryl methyl sites for hydroxylation is 1. The molecule has 0 aliphatic carbocycles. The van der Waals surface area contributed by atoms with Crippen LogP contribution in [0.3, 0.4) is 0 Å². The van der Waals surface area contributed by atoms with Crippen LogP contribution in [0.15, 0.2) is 42.5 Å². The molecule has 1 aliphatic heterocycles. The number of hydrogen-bond donors (Lipinski definition) is 1. The standard InChI is InChI=1S/C18H19N3O3/c1-13-4-7-15(8-5-13)19-18(22)14-6-9-16(17(12-14)21(23)24)20-10-2-3-11-20/h4-9,12H,2-3,10-11H2,1H3,(H,19,22). The van der Waals surface area contributed by atoms with Gasteiger partial charge >= 0.3 is 0 Å². The van der Waals surface area contributed by atoms with Crippen molar-refractivity contribution in [2.75, 3.05) is 23.3 Å². The topological polar surface area (TPSA) is 75.5 Å².